The molecule has 16 heteroatoms. The second-order valence-electron chi connectivity index (χ2n) is 15.0. The minimum atomic E-state index is -2.34. The number of aliphatic carboxylic acids is 1. The van der Waals surface area contributed by atoms with Crippen molar-refractivity contribution in [3.05, 3.63) is 60.8 Å². The Labute approximate surface area is 327 Å². The predicted octanol–water partition coefficient (Wildman–Crippen LogP) is 0.840. The Morgan fingerprint density at radius 3 is 2.20 bits per heavy atom. The molecular weight excluding hydrogens is 734 g/mol. The van der Waals surface area contributed by atoms with E-state index >= 15 is 0 Å². The van der Waals surface area contributed by atoms with Gasteiger partial charge in [0.05, 0.1) is 61.3 Å². The number of aliphatic hydroxyl groups excluding tert-OH is 6. The molecule has 2 bridgehead atoms. The third-order valence-corrected chi connectivity index (χ3v) is 10.4. The predicted molar refractivity (Wildman–Crippen MR) is 201 cm³/mol. The second-order valence-corrected chi connectivity index (χ2v) is 15.0. The summed E-state index contributed by atoms with van der Waals surface area (Å²) in [5.74, 6) is -6.47. The molecule has 0 aromatic heterocycles. The fraction of sp³-hybridized carbons (Fsp3) is 0.675. The first kappa shape index (κ1) is 47.2. The maximum atomic E-state index is 12.6. The van der Waals surface area contributed by atoms with Crippen molar-refractivity contribution in [1.29, 1.82) is 0 Å². The summed E-state index contributed by atoms with van der Waals surface area (Å²) >= 11 is 0. The average molecular weight is 796 g/mol. The van der Waals surface area contributed by atoms with Crippen LogP contribution in [0, 0.1) is 11.8 Å². The number of allylic oxidation sites excluding steroid dienone is 8. The maximum Gasteiger partial charge on any atom is 0.311 e. The van der Waals surface area contributed by atoms with Crippen LogP contribution in [0.3, 0.4) is 0 Å². The number of carbonyl (C=O) groups is 3. The largest absolute Gasteiger partial charge is 0.481 e. The molecule has 3 aliphatic heterocycles. The number of ketones is 1. The molecule has 3 heterocycles. The number of nitrogens with two attached hydrogens (primary N) is 1. The molecule has 10 unspecified atom stereocenters. The molecule has 3 rings (SSSR count). The van der Waals surface area contributed by atoms with Crippen LogP contribution in [0.1, 0.15) is 78.6 Å². The SMILES string of the molecule is CCC(C)C1CC=C\C=C/C=C\C=C/C=CC(O[C@@H]2O[C@H](C)[C@@H](O)[C@H](N)[C@@H]2O)CC2OC(O)(CC(O)C(O)CCC(=O)CC(O)CC(=O)O1)CC(O)C2C(=O)O. The average Bonchev–Trinajstić information content (AvgIpc) is 3.11. The highest BCUT2D eigenvalue weighted by Crippen LogP contribution is 2.38. The quantitative estimate of drug-likeness (QED) is 0.174. The summed E-state index contributed by atoms with van der Waals surface area (Å²) in [6, 6.07) is -1.13. The van der Waals surface area contributed by atoms with E-state index in [9.17, 15) is 55.2 Å². The van der Waals surface area contributed by atoms with Gasteiger partial charge in [-0.05, 0) is 19.3 Å². The van der Waals surface area contributed by atoms with Gasteiger partial charge in [-0.2, -0.15) is 0 Å². The minimum absolute atomic E-state index is 0.0294. The number of hydrogen-bond acceptors (Lipinski definition) is 15. The van der Waals surface area contributed by atoms with E-state index in [1.165, 1.54) is 13.0 Å². The first-order valence-corrected chi connectivity index (χ1v) is 19.3. The normalized spacial score (nSPS) is 41.4. The van der Waals surface area contributed by atoms with E-state index < -0.39 is 128 Å². The van der Waals surface area contributed by atoms with Gasteiger partial charge in [0.15, 0.2) is 12.1 Å². The highest BCUT2D eigenvalue weighted by Gasteiger charge is 2.51. The number of cyclic esters (lactones) is 1. The minimum Gasteiger partial charge on any atom is -0.481 e. The van der Waals surface area contributed by atoms with Gasteiger partial charge >= 0.3 is 11.9 Å². The molecule has 16 nitrogen and oxygen atoms in total. The lowest BCUT2D eigenvalue weighted by Gasteiger charge is -2.45. The van der Waals surface area contributed by atoms with Crippen LogP contribution < -0.4 is 5.73 Å². The summed E-state index contributed by atoms with van der Waals surface area (Å²) in [5.41, 5.74) is 5.99. The summed E-state index contributed by atoms with van der Waals surface area (Å²) in [6.07, 6.45) is 1.21. The van der Waals surface area contributed by atoms with Crippen LogP contribution in [0.15, 0.2) is 60.8 Å². The molecule has 0 radical (unpaired) electrons. The van der Waals surface area contributed by atoms with Crippen LogP contribution in [-0.2, 0) is 33.3 Å². The number of aliphatic hydroxyl groups is 7. The van der Waals surface area contributed by atoms with Crippen LogP contribution >= 0.6 is 0 Å². The number of hydrogen-bond donors (Lipinski definition) is 9. The Morgan fingerprint density at radius 2 is 1.55 bits per heavy atom. The molecule has 0 saturated carbocycles. The molecule has 2 saturated heterocycles. The van der Waals surface area contributed by atoms with Crippen LogP contribution in [-0.4, -0.2) is 138 Å². The number of Topliss-reactive ketones (excluding diaryl/α,β-unsaturated/α-hetero) is 1. The zero-order valence-electron chi connectivity index (χ0n) is 32.2. The Kier molecular flexibility index (Phi) is 19.2. The summed E-state index contributed by atoms with van der Waals surface area (Å²) in [4.78, 5) is 37.7. The lowest BCUT2D eigenvalue weighted by molar-refractivity contribution is -0.310. The highest BCUT2D eigenvalue weighted by atomic mass is 16.7. The smallest absolute Gasteiger partial charge is 0.311 e. The Hall–Kier alpha value is -3.13. The zero-order chi connectivity index (χ0) is 41.6. The highest BCUT2D eigenvalue weighted by molar-refractivity contribution is 5.80. The van der Waals surface area contributed by atoms with Crippen LogP contribution in [0.2, 0.25) is 0 Å². The van der Waals surface area contributed by atoms with Gasteiger partial charge in [-0.1, -0.05) is 81.0 Å². The molecule has 56 heavy (non-hydrogen) atoms. The second kappa shape index (κ2) is 22.7. The molecule has 0 aromatic rings. The van der Waals surface area contributed by atoms with E-state index in [1.54, 1.807) is 48.6 Å². The molecular formula is C40H61NO15. The molecule has 0 aromatic carbocycles. The van der Waals surface area contributed by atoms with Gasteiger partial charge < -0.3 is 65.5 Å². The van der Waals surface area contributed by atoms with Crippen LogP contribution in [0.5, 0.6) is 0 Å². The van der Waals surface area contributed by atoms with Crippen molar-refractivity contribution < 1.29 is 74.2 Å². The summed E-state index contributed by atoms with van der Waals surface area (Å²) in [6.45, 7) is 5.45. The Morgan fingerprint density at radius 1 is 0.929 bits per heavy atom. The Bertz CT molecular complexity index is 1420. The first-order valence-electron chi connectivity index (χ1n) is 19.3. The fourth-order valence-electron chi connectivity index (χ4n) is 6.85. The van der Waals surface area contributed by atoms with Crippen molar-refractivity contribution >= 4 is 17.7 Å². The van der Waals surface area contributed by atoms with Crippen molar-refractivity contribution in [2.24, 2.45) is 17.6 Å². The van der Waals surface area contributed by atoms with Crippen LogP contribution in [0.25, 0.3) is 0 Å². The zero-order valence-corrected chi connectivity index (χ0v) is 32.2. The van der Waals surface area contributed by atoms with E-state index in [0.29, 0.717) is 6.42 Å². The van der Waals surface area contributed by atoms with Gasteiger partial charge in [0.25, 0.3) is 0 Å². The van der Waals surface area contributed by atoms with Crippen molar-refractivity contribution in [2.75, 3.05) is 0 Å². The van der Waals surface area contributed by atoms with Gasteiger partial charge in [0.1, 0.15) is 23.9 Å². The van der Waals surface area contributed by atoms with Gasteiger partial charge in [-0.3, -0.25) is 14.4 Å². The monoisotopic (exact) mass is 795 g/mol. The van der Waals surface area contributed by atoms with Gasteiger partial charge in [0.2, 0.25) is 0 Å². The maximum absolute atomic E-state index is 12.6. The first-order chi connectivity index (χ1) is 26.4. The van der Waals surface area contributed by atoms with Crippen molar-refractivity contribution in [3.63, 3.8) is 0 Å². The lowest BCUT2D eigenvalue weighted by Crippen LogP contribution is -2.61. The van der Waals surface area contributed by atoms with E-state index in [2.05, 4.69) is 0 Å². The molecule has 0 amide bonds. The number of ether oxygens (including phenoxy) is 4. The molecule has 10 N–H and O–H groups in total. The third-order valence-electron chi connectivity index (χ3n) is 10.4. The number of carbonyl (C=O) groups excluding carboxylic acids is 2. The third kappa shape index (κ3) is 14.7. The molecule has 2 fully saturated rings. The van der Waals surface area contributed by atoms with Crippen molar-refractivity contribution in [2.45, 2.75) is 158 Å². The van der Waals surface area contributed by atoms with E-state index in [4.69, 9.17) is 24.7 Å². The lowest BCUT2D eigenvalue weighted by atomic mass is 9.82. The van der Waals surface area contributed by atoms with Crippen molar-refractivity contribution in [1.82, 2.24) is 0 Å². The fourth-order valence-corrected chi connectivity index (χ4v) is 6.85. The standard InChI is InChI=1S/C40H61NO15/c1-4-23(2)31-15-13-11-9-7-5-6-8-10-12-14-27(54-39-37(49)35(41)36(48)24(3)53-39)20-32-34(38(50)51)30(46)22-40(52,56-32)21-29(45)28(44)17-16-25(42)18-26(43)19-33(47)55-31/h5-14,23-24,26-32,34-37,39,43-46,48-49,52H,4,15-22,41H2,1-3H3,(H,50,51)/b6-5-,9-7-,10-8-,13-11?,14-12?/t23?,24-,26?,27?,28?,29?,30?,31?,32?,34?,35+,36-,37+,39+,40?/m1/s1. The molecule has 316 valence electrons. The van der Waals surface area contributed by atoms with E-state index in [-0.39, 0.29) is 25.2 Å². The van der Waals surface area contributed by atoms with Crippen LogP contribution in [0.4, 0.5) is 0 Å². The van der Waals surface area contributed by atoms with E-state index in [1.807, 2.05) is 19.9 Å². The van der Waals surface area contributed by atoms with Gasteiger partial charge in [0, 0.05) is 38.5 Å². The Balaban J connectivity index is 1.91. The van der Waals surface area contributed by atoms with E-state index in [0.717, 1.165) is 6.42 Å². The number of esters is 1. The van der Waals surface area contributed by atoms with Crippen molar-refractivity contribution in [3.8, 4) is 0 Å². The number of fused-ring (bicyclic) bond motifs is 2. The molecule has 0 spiro atoms. The summed E-state index contributed by atoms with van der Waals surface area (Å²) in [7, 11) is 0. The summed E-state index contributed by atoms with van der Waals surface area (Å²) < 4.78 is 23.2. The molecule has 0 aliphatic carbocycles. The molecule has 3 aliphatic rings. The number of rotatable bonds is 5. The topological polar surface area (TPSA) is 276 Å². The number of carboxylic acids is 1. The summed E-state index contributed by atoms with van der Waals surface area (Å²) in [5, 5.41) is 85.5. The number of carboxylic acid groups (broad SMARTS) is 1. The van der Waals surface area contributed by atoms with Gasteiger partial charge in [-0.25, -0.2) is 0 Å². The van der Waals surface area contributed by atoms with Gasteiger partial charge in [-0.15, -0.1) is 0 Å². The molecule has 15 atom stereocenters.